The number of carbonyl (C=O) groups excluding carboxylic acids is 2. The van der Waals surface area contributed by atoms with E-state index in [1.807, 2.05) is 0 Å². The fourth-order valence-electron chi connectivity index (χ4n) is 3.14. The third-order valence-corrected chi connectivity index (χ3v) is 5.63. The molecular weight excluding hydrogens is 350 g/mol. The van der Waals surface area contributed by atoms with E-state index in [4.69, 9.17) is 10.8 Å². The summed E-state index contributed by atoms with van der Waals surface area (Å²) in [6.45, 7) is 0.205. The number of nitrogens with two attached hydrogens (primary N) is 1. The number of phenols is 1. The lowest BCUT2D eigenvalue weighted by molar-refractivity contribution is 0.0977. The van der Waals surface area contributed by atoms with Gasteiger partial charge in [-0.3, -0.25) is 9.59 Å². The number of nitrogen functional groups attached to an aromatic ring is 1. The lowest BCUT2D eigenvalue weighted by atomic mass is 9.83. The van der Waals surface area contributed by atoms with Gasteiger partial charge in [0.1, 0.15) is 5.75 Å². The molecule has 5 nitrogen and oxygen atoms in total. The molecule has 4 N–H and O–H groups in total. The molecule has 1 aliphatic rings. The van der Waals surface area contributed by atoms with Crippen LogP contribution in [0.25, 0.3) is 0 Å². The zero-order chi connectivity index (χ0) is 18.7. The van der Waals surface area contributed by atoms with E-state index in [0.717, 1.165) is 31.4 Å². The van der Waals surface area contributed by atoms with Gasteiger partial charge in [-0.25, -0.2) is 0 Å². The summed E-state index contributed by atoms with van der Waals surface area (Å²) in [4.78, 5) is 26.2. The number of aliphatic hydroxyl groups excluding tert-OH is 1. The quantitative estimate of drug-likeness (QED) is 0.255. The van der Waals surface area contributed by atoms with Crippen molar-refractivity contribution in [2.75, 3.05) is 18.1 Å². The number of carbonyl (C=O) groups is 2. The van der Waals surface area contributed by atoms with Crippen molar-refractivity contribution >= 4 is 29.0 Å². The van der Waals surface area contributed by atoms with Crippen LogP contribution in [0, 0.1) is 0 Å². The second-order valence-corrected chi connectivity index (χ2v) is 7.38. The molecule has 0 saturated heterocycles. The van der Waals surface area contributed by atoms with Crippen molar-refractivity contribution in [2.45, 2.75) is 30.6 Å². The van der Waals surface area contributed by atoms with Gasteiger partial charge in [-0.15, -0.1) is 11.8 Å². The Morgan fingerprint density at radius 1 is 0.923 bits per heavy atom. The van der Waals surface area contributed by atoms with Gasteiger partial charge in [0.2, 0.25) is 0 Å². The second kappa shape index (κ2) is 7.93. The predicted molar refractivity (Wildman–Crippen MR) is 102 cm³/mol. The van der Waals surface area contributed by atoms with Crippen LogP contribution in [0.2, 0.25) is 0 Å². The highest BCUT2D eigenvalue weighted by Gasteiger charge is 2.34. The van der Waals surface area contributed by atoms with Crippen molar-refractivity contribution in [3.05, 3.63) is 52.6 Å². The molecule has 0 radical (unpaired) electrons. The van der Waals surface area contributed by atoms with Crippen LogP contribution in [0.5, 0.6) is 5.75 Å². The van der Waals surface area contributed by atoms with Crippen molar-refractivity contribution in [3.63, 3.8) is 0 Å². The van der Waals surface area contributed by atoms with Crippen LogP contribution < -0.4 is 5.73 Å². The number of ketones is 2. The van der Waals surface area contributed by atoms with Gasteiger partial charge in [-0.1, -0.05) is 37.1 Å². The standard InChI is InChI=1S/C20H21NO4S/c21-18-15(26-10-6-2-1-5-9-22)11-14(23)16-17(18)20(25)13-8-4-3-7-12(13)19(16)24/h3-4,7-8,11,22-23H,1-2,5-6,9-10,21H2. The number of aliphatic hydroxyl groups is 1. The monoisotopic (exact) mass is 371 g/mol. The largest absolute Gasteiger partial charge is 0.507 e. The van der Waals surface area contributed by atoms with Crippen molar-refractivity contribution in [2.24, 2.45) is 0 Å². The first-order chi connectivity index (χ1) is 12.6. The molecule has 26 heavy (non-hydrogen) atoms. The van der Waals surface area contributed by atoms with E-state index in [-0.39, 0.29) is 40.7 Å². The van der Waals surface area contributed by atoms with Crippen molar-refractivity contribution < 1.29 is 19.8 Å². The topological polar surface area (TPSA) is 101 Å². The number of aromatic hydroxyl groups is 1. The minimum Gasteiger partial charge on any atom is -0.507 e. The summed E-state index contributed by atoms with van der Waals surface area (Å²) < 4.78 is 0. The molecule has 0 amide bonds. The molecule has 0 unspecified atom stereocenters. The van der Waals surface area contributed by atoms with Crippen LogP contribution in [0.4, 0.5) is 5.69 Å². The zero-order valence-corrected chi connectivity index (χ0v) is 15.1. The number of anilines is 1. The smallest absolute Gasteiger partial charge is 0.198 e. The van der Waals surface area contributed by atoms with E-state index in [1.165, 1.54) is 17.8 Å². The Morgan fingerprint density at radius 2 is 1.54 bits per heavy atom. The van der Waals surface area contributed by atoms with Crippen LogP contribution in [-0.4, -0.2) is 34.1 Å². The molecule has 136 valence electrons. The molecule has 0 saturated carbocycles. The van der Waals surface area contributed by atoms with Crippen LogP contribution in [0.1, 0.15) is 57.5 Å². The summed E-state index contributed by atoms with van der Waals surface area (Å²) in [5.41, 5.74) is 7.19. The molecule has 0 atom stereocenters. The molecule has 0 bridgehead atoms. The number of phenolic OH excluding ortho intramolecular Hbond substituents is 1. The number of hydrogen-bond acceptors (Lipinski definition) is 6. The average molecular weight is 371 g/mol. The van der Waals surface area contributed by atoms with Gasteiger partial charge in [0.05, 0.1) is 16.8 Å². The molecule has 1 aliphatic carbocycles. The molecule has 0 aromatic heterocycles. The summed E-state index contributed by atoms with van der Waals surface area (Å²) in [6.07, 6.45) is 3.70. The Labute approximate surface area is 156 Å². The molecule has 0 heterocycles. The Hall–Kier alpha value is -2.31. The van der Waals surface area contributed by atoms with Gasteiger partial charge in [0.15, 0.2) is 11.6 Å². The van der Waals surface area contributed by atoms with Gasteiger partial charge in [0.25, 0.3) is 0 Å². The molecule has 0 fully saturated rings. The first kappa shape index (κ1) is 18.5. The molecule has 2 aromatic carbocycles. The van der Waals surface area contributed by atoms with Gasteiger partial charge >= 0.3 is 0 Å². The highest BCUT2D eigenvalue weighted by Crippen LogP contribution is 2.41. The summed E-state index contributed by atoms with van der Waals surface area (Å²) in [7, 11) is 0. The maximum atomic E-state index is 12.9. The number of rotatable bonds is 7. The van der Waals surface area contributed by atoms with E-state index in [0.29, 0.717) is 16.0 Å². The number of hydrogen-bond donors (Lipinski definition) is 3. The van der Waals surface area contributed by atoms with Gasteiger partial charge in [0, 0.05) is 22.6 Å². The first-order valence-corrected chi connectivity index (χ1v) is 9.62. The molecular formula is C20H21NO4S. The zero-order valence-electron chi connectivity index (χ0n) is 14.3. The molecule has 3 rings (SSSR count). The van der Waals surface area contributed by atoms with Gasteiger partial charge < -0.3 is 15.9 Å². The van der Waals surface area contributed by atoms with Crippen LogP contribution in [0.15, 0.2) is 35.2 Å². The van der Waals surface area contributed by atoms with Crippen LogP contribution >= 0.6 is 11.8 Å². The van der Waals surface area contributed by atoms with Crippen molar-refractivity contribution in [1.29, 1.82) is 0 Å². The summed E-state index contributed by atoms with van der Waals surface area (Å²) in [5, 5.41) is 19.2. The highest BCUT2D eigenvalue weighted by molar-refractivity contribution is 7.99. The van der Waals surface area contributed by atoms with Crippen molar-refractivity contribution in [1.82, 2.24) is 0 Å². The van der Waals surface area contributed by atoms with E-state index in [1.54, 1.807) is 24.3 Å². The third-order valence-electron chi connectivity index (χ3n) is 4.49. The number of fused-ring (bicyclic) bond motifs is 2. The molecule has 0 spiro atoms. The Bertz CT molecular complexity index is 863. The Kier molecular flexibility index (Phi) is 5.64. The Balaban J connectivity index is 1.87. The summed E-state index contributed by atoms with van der Waals surface area (Å²) >= 11 is 1.47. The summed E-state index contributed by atoms with van der Waals surface area (Å²) in [6, 6.07) is 8.07. The lowest BCUT2D eigenvalue weighted by Crippen LogP contribution is -2.22. The van der Waals surface area contributed by atoms with E-state index < -0.39 is 0 Å². The number of benzene rings is 2. The number of thioether (sulfide) groups is 1. The minimum atomic E-state index is -0.375. The fourth-order valence-corrected chi connectivity index (χ4v) is 4.16. The fraction of sp³-hybridized carbons (Fsp3) is 0.300. The first-order valence-electron chi connectivity index (χ1n) is 8.63. The lowest BCUT2D eigenvalue weighted by Gasteiger charge is -2.21. The summed E-state index contributed by atoms with van der Waals surface area (Å²) in [5.74, 6) is -0.120. The van der Waals surface area contributed by atoms with Crippen LogP contribution in [-0.2, 0) is 0 Å². The normalized spacial score (nSPS) is 12.8. The van der Waals surface area contributed by atoms with E-state index in [2.05, 4.69) is 0 Å². The highest BCUT2D eigenvalue weighted by atomic mass is 32.2. The van der Waals surface area contributed by atoms with Gasteiger partial charge in [-0.2, -0.15) is 0 Å². The van der Waals surface area contributed by atoms with E-state index >= 15 is 0 Å². The molecule has 2 aromatic rings. The maximum Gasteiger partial charge on any atom is 0.198 e. The minimum absolute atomic E-state index is 0.00139. The van der Waals surface area contributed by atoms with Gasteiger partial charge in [-0.05, 0) is 24.7 Å². The predicted octanol–water partition coefficient (Wildman–Crippen LogP) is 3.39. The maximum absolute atomic E-state index is 12.9. The SMILES string of the molecule is Nc1c(SCCCCCCO)cc(O)c2c1C(=O)c1ccccc1C2=O. The van der Waals surface area contributed by atoms with Crippen molar-refractivity contribution in [3.8, 4) is 5.75 Å². The van der Waals surface area contributed by atoms with E-state index in [9.17, 15) is 14.7 Å². The second-order valence-electron chi connectivity index (χ2n) is 6.25. The molecule has 0 aliphatic heterocycles. The van der Waals surface area contributed by atoms with Crippen LogP contribution in [0.3, 0.4) is 0 Å². The molecule has 6 heteroatoms. The Morgan fingerprint density at radius 3 is 2.19 bits per heavy atom. The third kappa shape index (κ3) is 3.34. The average Bonchev–Trinajstić information content (AvgIpc) is 2.65. The number of unbranched alkanes of at least 4 members (excludes halogenated alkanes) is 3.